The van der Waals surface area contributed by atoms with Crippen molar-refractivity contribution in [1.82, 2.24) is 0 Å². The Morgan fingerprint density at radius 3 is 2.57 bits per heavy atom. The number of allylic oxidation sites excluding steroid dienone is 2. The zero-order valence-electron chi connectivity index (χ0n) is 8.73. The predicted octanol–water partition coefficient (Wildman–Crippen LogP) is 3.47. The summed E-state index contributed by atoms with van der Waals surface area (Å²) in [6, 6.07) is 9.45. The zero-order chi connectivity index (χ0) is 10.4. The lowest BCUT2D eigenvalue weighted by molar-refractivity contribution is 0.0972. The first-order valence-corrected chi connectivity index (χ1v) is 4.95. The number of benzene rings is 1. The Bertz CT molecular complexity index is 311. The van der Waals surface area contributed by atoms with Crippen LogP contribution >= 0.6 is 0 Å². The largest absolute Gasteiger partial charge is 0.294 e. The second-order valence-electron chi connectivity index (χ2n) is 3.50. The summed E-state index contributed by atoms with van der Waals surface area (Å²) in [5.74, 6) is 0.545. The van der Waals surface area contributed by atoms with Gasteiger partial charge in [-0.1, -0.05) is 49.4 Å². The van der Waals surface area contributed by atoms with Crippen molar-refractivity contribution in [3.8, 4) is 0 Å². The van der Waals surface area contributed by atoms with Crippen molar-refractivity contribution >= 4 is 5.78 Å². The molecule has 1 nitrogen and oxygen atoms in total. The molecular weight excluding hydrogens is 172 g/mol. The van der Waals surface area contributed by atoms with Gasteiger partial charge in [0.25, 0.3) is 0 Å². The van der Waals surface area contributed by atoms with Crippen molar-refractivity contribution < 1.29 is 4.79 Å². The van der Waals surface area contributed by atoms with Crippen LogP contribution in [0.15, 0.2) is 42.5 Å². The van der Waals surface area contributed by atoms with E-state index >= 15 is 0 Å². The van der Waals surface area contributed by atoms with E-state index in [0.717, 1.165) is 5.56 Å². The van der Waals surface area contributed by atoms with Crippen LogP contribution in [-0.4, -0.2) is 5.78 Å². The number of hydrogen-bond acceptors (Lipinski definition) is 1. The molecule has 0 heterocycles. The van der Waals surface area contributed by atoms with E-state index in [1.807, 2.05) is 43.3 Å². The fraction of sp³-hybridized carbons (Fsp3) is 0.308. The van der Waals surface area contributed by atoms with Crippen LogP contribution in [0.5, 0.6) is 0 Å². The van der Waals surface area contributed by atoms with Crippen molar-refractivity contribution in [2.24, 2.45) is 5.92 Å². The Kier molecular flexibility index (Phi) is 4.11. The van der Waals surface area contributed by atoms with Gasteiger partial charge in [-0.25, -0.2) is 0 Å². The summed E-state index contributed by atoms with van der Waals surface area (Å²) >= 11 is 0. The molecule has 1 heteroatoms. The third kappa shape index (κ3) is 3.17. The van der Waals surface area contributed by atoms with E-state index in [9.17, 15) is 4.79 Å². The molecule has 1 atom stereocenters. The average molecular weight is 188 g/mol. The summed E-state index contributed by atoms with van der Waals surface area (Å²) in [5, 5.41) is 0. The van der Waals surface area contributed by atoms with Gasteiger partial charge in [0.15, 0.2) is 5.78 Å². The van der Waals surface area contributed by atoms with Gasteiger partial charge < -0.3 is 0 Å². The minimum absolute atomic E-state index is 0.219. The molecule has 0 bridgehead atoms. The third-order valence-corrected chi connectivity index (χ3v) is 2.12. The van der Waals surface area contributed by atoms with E-state index in [2.05, 4.69) is 13.0 Å². The highest BCUT2D eigenvalue weighted by molar-refractivity contribution is 5.96. The van der Waals surface area contributed by atoms with Crippen LogP contribution < -0.4 is 0 Å². The van der Waals surface area contributed by atoms with Crippen LogP contribution in [0.25, 0.3) is 0 Å². The second-order valence-corrected chi connectivity index (χ2v) is 3.50. The van der Waals surface area contributed by atoms with Crippen molar-refractivity contribution in [3.05, 3.63) is 48.0 Å². The topological polar surface area (TPSA) is 17.1 Å². The lowest BCUT2D eigenvalue weighted by Gasteiger charge is -2.04. The van der Waals surface area contributed by atoms with Gasteiger partial charge in [-0.2, -0.15) is 0 Å². The van der Waals surface area contributed by atoms with Gasteiger partial charge in [0.05, 0.1) is 0 Å². The summed E-state index contributed by atoms with van der Waals surface area (Å²) in [4.78, 5) is 11.7. The molecular formula is C13H16O. The fourth-order valence-electron chi connectivity index (χ4n) is 1.43. The van der Waals surface area contributed by atoms with Crippen LogP contribution in [0.4, 0.5) is 0 Å². The smallest absolute Gasteiger partial charge is 0.163 e. The molecule has 0 N–H and O–H groups in total. The Morgan fingerprint density at radius 1 is 1.36 bits per heavy atom. The summed E-state index contributed by atoms with van der Waals surface area (Å²) in [5.41, 5.74) is 0.809. The molecule has 1 aromatic carbocycles. The Hall–Kier alpha value is -1.37. The normalized spacial score (nSPS) is 13.0. The van der Waals surface area contributed by atoms with Crippen LogP contribution in [0.2, 0.25) is 0 Å². The molecule has 0 aromatic heterocycles. The lowest BCUT2D eigenvalue weighted by atomic mass is 9.99. The van der Waals surface area contributed by atoms with E-state index in [1.165, 1.54) is 0 Å². The SMILES string of the molecule is CC=CC(C)CC(=O)c1ccccc1. The lowest BCUT2D eigenvalue weighted by Crippen LogP contribution is -2.03. The van der Waals surface area contributed by atoms with Gasteiger partial charge >= 0.3 is 0 Å². The molecule has 1 aromatic rings. The van der Waals surface area contributed by atoms with E-state index < -0.39 is 0 Å². The van der Waals surface area contributed by atoms with Gasteiger partial charge in [-0.3, -0.25) is 4.79 Å². The zero-order valence-corrected chi connectivity index (χ0v) is 8.73. The first-order chi connectivity index (χ1) is 6.74. The van der Waals surface area contributed by atoms with Gasteiger partial charge in [0, 0.05) is 12.0 Å². The molecule has 0 saturated carbocycles. The highest BCUT2D eigenvalue weighted by Crippen LogP contribution is 2.10. The van der Waals surface area contributed by atoms with Crippen molar-refractivity contribution in [2.45, 2.75) is 20.3 Å². The molecule has 14 heavy (non-hydrogen) atoms. The quantitative estimate of drug-likeness (QED) is 0.522. The van der Waals surface area contributed by atoms with Crippen LogP contribution in [0.1, 0.15) is 30.6 Å². The average Bonchev–Trinajstić information content (AvgIpc) is 2.19. The van der Waals surface area contributed by atoms with Gasteiger partial charge in [-0.05, 0) is 12.8 Å². The monoisotopic (exact) mass is 188 g/mol. The molecule has 74 valence electrons. The number of rotatable bonds is 4. The first kappa shape index (κ1) is 10.7. The Morgan fingerprint density at radius 2 is 2.00 bits per heavy atom. The molecule has 0 fully saturated rings. The molecule has 1 rings (SSSR count). The molecule has 0 saturated heterocycles. The number of ketones is 1. The van der Waals surface area contributed by atoms with E-state index in [0.29, 0.717) is 12.3 Å². The van der Waals surface area contributed by atoms with Crippen molar-refractivity contribution in [1.29, 1.82) is 0 Å². The minimum atomic E-state index is 0.219. The van der Waals surface area contributed by atoms with Gasteiger partial charge in [-0.15, -0.1) is 0 Å². The van der Waals surface area contributed by atoms with Gasteiger partial charge in [0.1, 0.15) is 0 Å². The third-order valence-electron chi connectivity index (χ3n) is 2.12. The summed E-state index contributed by atoms with van der Waals surface area (Å²) < 4.78 is 0. The maximum atomic E-state index is 11.7. The molecule has 0 spiro atoms. The maximum Gasteiger partial charge on any atom is 0.163 e. The maximum absolute atomic E-state index is 11.7. The summed E-state index contributed by atoms with van der Waals surface area (Å²) in [6.45, 7) is 4.03. The Balaban J connectivity index is 2.59. The van der Waals surface area contributed by atoms with Crippen molar-refractivity contribution in [3.63, 3.8) is 0 Å². The molecule has 1 unspecified atom stereocenters. The predicted molar refractivity (Wildman–Crippen MR) is 59.4 cm³/mol. The van der Waals surface area contributed by atoms with E-state index in [1.54, 1.807) is 0 Å². The fourth-order valence-corrected chi connectivity index (χ4v) is 1.43. The first-order valence-electron chi connectivity index (χ1n) is 4.95. The number of carbonyl (C=O) groups is 1. The van der Waals surface area contributed by atoms with E-state index in [-0.39, 0.29) is 5.78 Å². The highest BCUT2D eigenvalue weighted by Gasteiger charge is 2.07. The van der Waals surface area contributed by atoms with Gasteiger partial charge in [0.2, 0.25) is 0 Å². The highest BCUT2D eigenvalue weighted by atomic mass is 16.1. The Labute approximate surface area is 85.5 Å². The second kappa shape index (κ2) is 5.38. The molecule has 0 amide bonds. The number of hydrogen-bond donors (Lipinski definition) is 0. The van der Waals surface area contributed by atoms with Crippen LogP contribution in [-0.2, 0) is 0 Å². The molecule has 0 aliphatic carbocycles. The minimum Gasteiger partial charge on any atom is -0.294 e. The summed E-state index contributed by atoms with van der Waals surface area (Å²) in [7, 11) is 0. The van der Waals surface area contributed by atoms with E-state index in [4.69, 9.17) is 0 Å². The number of Topliss-reactive ketones (excluding diaryl/α,β-unsaturated/α-hetero) is 1. The van der Waals surface area contributed by atoms with Crippen LogP contribution in [0, 0.1) is 5.92 Å². The van der Waals surface area contributed by atoms with Crippen LogP contribution in [0.3, 0.4) is 0 Å². The molecule has 0 aliphatic rings. The summed E-state index contributed by atoms with van der Waals surface area (Å²) in [6.07, 6.45) is 4.64. The molecule has 0 aliphatic heterocycles. The molecule has 0 radical (unpaired) electrons. The number of carbonyl (C=O) groups excluding carboxylic acids is 1. The standard InChI is InChI=1S/C13H16O/c1-3-7-11(2)10-13(14)12-8-5-4-6-9-12/h3-9,11H,10H2,1-2H3. The van der Waals surface area contributed by atoms with Crippen molar-refractivity contribution in [2.75, 3.05) is 0 Å².